The Balaban J connectivity index is 2.38. The van der Waals surface area contributed by atoms with Crippen LogP contribution in [0.2, 0.25) is 0 Å². The minimum atomic E-state index is -0.317. The molecule has 0 spiro atoms. The largest absolute Gasteiger partial charge is 0.352 e. The van der Waals surface area contributed by atoms with E-state index in [-0.39, 0.29) is 11.9 Å². The molecule has 18 heavy (non-hydrogen) atoms. The highest BCUT2D eigenvalue weighted by Gasteiger charge is 2.25. The van der Waals surface area contributed by atoms with Gasteiger partial charge in [0.1, 0.15) is 0 Å². The average Bonchev–Trinajstić information content (AvgIpc) is 2.42. The van der Waals surface area contributed by atoms with Gasteiger partial charge in [-0.3, -0.25) is 4.79 Å². The van der Waals surface area contributed by atoms with Gasteiger partial charge in [0, 0.05) is 6.04 Å². The minimum absolute atomic E-state index is 0.0564. The van der Waals surface area contributed by atoms with Crippen LogP contribution in [0.15, 0.2) is 0 Å². The lowest BCUT2D eigenvalue weighted by atomic mass is 9.83. The SMILES string of the molecule is CCCC[C@H](N)C(=O)NC(CC)C1CCCCC1. The summed E-state index contributed by atoms with van der Waals surface area (Å²) in [5, 5.41) is 3.18. The van der Waals surface area contributed by atoms with Crippen molar-refractivity contribution in [2.45, 2.75) is 83.7 Å². The molecule has 3 nitrogen and oxygen atoms in total. The standard InChI is InChI=1S/C15H30N2O/c1-3-5-11-13(16)15(18)17-14(4-2)12-9-7-6-8-10-12/h12-14H,3-11,16H2,1-2H3,(H,17,18)/t13-,14?/m0/s1. The van der Waals surface area contributed by atoms with Crippen molar-refractivity contribution in [3.8, 4) is 0 Å². The summed E-state index contributed by atoms with van der Waals surface area (Å²) in [4.78, 5) is 12.0. The van der Waals surface area contributed by atoms with Crippen molar-refractivity contribution in [1.29, 1.82) is 0 Å². The molecule has 1 unspecified atom stereocenters. The van der Waals surface area contributed by atoms with Crippen LogP contribution in [0.1, 0.15) is 71.6 Å². The number of nitrogens with one attached hydrogen (secondary N) is 1. The first-order chi connectivity index (χ1) is 8.69. The summed E-state index contributed by atoms with van der Waals surface area (Å²) in [6, 6.07) is 0.0214. The van der Waals surface area contributed by atoms with Gasteiger partial charge < -0.3 is 11.1 Å². The number of carbonyl (C=O) groups excluding carboxylic acids is 1. The monoisotopic (exact) mass is 254 g/mol. The van der Waals surface area contributed by atoms with E-state index in [2.05, 4.69) is 19.2 Å². The molecule has 3 heteroatoms. The molecule has 0 aromatic heterocycles. The van der Waals surface area contributed by atoms with E-state index in [0.29, 0.717) is 12.0 Å². The fourth-order valence-corrected chi connectivity index (χ4v) is 2.93. The summed E-state index contributed by atoms with van der Waals surface area (Å²) in [7, 11) is 0. The first-order valence-electron chi connectivity index (χ1n) is 7.75. The number of rotatable bonds is 7. The molecule has 1 amide bonds. The minimum Gasteiger partial charge on any atom is -0.352 e. The topological polar surface area (TPSA) is 55.1 Å². The zero-order valence-electron chi connectivity index (χ0n) is 12.1. The Kier molecular flexibility index (Phi) is 7.33. The first kappa shape index (κ1) is 15.5. The molecule has 0 bridgehead atoms. The zero-order chi connectivity index (χ0) is 13.4. The summed E-state index contributed by atoms with van der Waals surface area (Å²) < 4.78 is 0. The highest BCUT2D eigenvalue weighted by atomic mass is 16.2. The molecule has 0 heterocycles. The Hall–Kier alpha value is -0.570. The van der Waals surface area contributed by atoms with Crippen molar-refractivity contribution >= 4 is 5.91 Å². The van der Waals surface area contributed by atoms with Crippen molar-refractivity contribution in [2.24, 2.45) is 11.7 Å². The fraction of sp³-hybridized carbons (Fsp3) is 0.933. The summed E-state index contributed by atoms with van der Waals surface area (Å²) >= 11 is 0. The second kappa shape index (κ2) is 8.52. The molecule has 0 saturated heterocycles. The molecule has 0 aliphatic heterocycles. The Bertz CT molecular complexity index is 237. The lowest BCUT2D eigenvalue weighted by Crippen LogP contribution is -2.48. The van der Waals surface area contributed by atoms with Gasteiger partial charge in [0.25, 0.3) is 0 Å². The number of nitrogens with two attached hydrogens (primary N) is 1. The molecule has 0 aromatic rings. The summed E-state index contributed by atoms with van der Waals surface area (Å²) in [5.41, 5.74) is 5.92. The van der Waals surface area contributed by atoms with Gasteiger partial charge >= 0.3 is 0 Å². The molecule has 0 radical (unpaired) electrons. The number of unbranched alkanes of at least 4 members (excludes halogenated alkanes) is 1. The second-order valence-electron chi connectivity index (χ2n) is 5.67. The Labute approximate surface area is 112 Å². The maximum absolute atomic E-state index is 12.0. The van der Waals surface area contributed by atoms with E-state index in [1.54, 1.807) is 0 Å². The van der Waals surface area contributed by atoms with Crippen LogP contribution < -0.4 is 11.1 Å². The Morgan fingerprint density at radius 1 is 1.28 bits per heavy atom. The third-order valence-corrected chi connectivity index (χ3v) is 4.19. The van der Waals surface area contributed by atoms with Crippen molar-refractivity contribution in [1.82, 2.24) is 5.32 Å². The Morgan fingerprint density at radius 3 is 2.50 bits per heavy atom. The smallest absolute Gasteiger partial charge is 0.237 e. The van der Waals surface area contributed by atoms with E-state index in [1.165, 1.54) is 32.1 Å². The molecule has 0 aromatic carbocycles. The van der Waals surface area contributed by atoms with Crippen molar-refractivity contribution < 1.29 is 4.79 Å². The van der Waals surface area contributed by atoms with Crippen molar-refractivity contribution in [3.63, 3.8) is 0 Å². The highest BCUT2D eigenvalue weighted by Crippen LogP contribution is 2.27. The lowest BCUT2D eigenvalue weighted by molar-refractivity contribution is -0.123. The van der Waals surface area contributed by atoms with Gasteiger partial charge in [-0.2, -0.15) is 0 Å². The molecular formula is C15H30N2O. The number of hydrogen-bond acceptors (Lipinski definition) is 2. The van der Waals surface area contributed by atoms with Gasteiger partial charge in [-0.25, -0.2) is 0 Å². The molecule has 106 valence electrons. The highest BCUT2D eigenvalue weighted by molar-refractivity contribution is 5.81. The third-order valence-electron chi connectivity index (χ3n) is 4.19. The lowest BCUT2D eigenvalue weighted by Gasteiger charge is -2.31. The molecule has 3 N–H and O–H groups in total. The van der Waals surface area contributed by atoms with Gasteiger partial charge in [-0.15, -0.1) is 0 Å². The third kappa shape index (κ3) is 4.97. The van der Waals surface area contributed by atoms with Crippen LogP contribution >= 0.6 is 0 Å². The van der Waals surface area contributed by atoms with Crippen molar-refractivity contribution in [2.75, 3.05) is 0 Å². The van der Waals surface area contributed by atoms with Crippen LogP contribution in [0.3, 0.4) is 0 Å². The van der Waals surface area contributed by atoms with E-state index in [9.17, 15) is 4.79 Å². The maximum atomic E-state index is 12.0. The van der Waals surface area contributed by atoms with Gasteiger partial charge in [0.05, 0.1) is 6.04 Å². The second-order valence-corrected chi connectivity index (χ2v) is 5.67. The van der Waals surface area contributed by atoms with Crippen LogP contribution in [0, 0.1) is 5.92 Å². The van der Waals surface area contributed by atoms with E-state index in [4.69, 9.17) is 5.73 Å². The predicted molar refractivity (Wildman–Crippen MR) is 76.3 cm³/mol. The first-order valence-corrected chi connectivity index (χ1v) is 7.75. The summed E-state index contributed by atoms with van der Waals surface area (Å²) in [6.07, 6.45) is 10.5. The fourth-order valence-electron chi connectivity index (χ4n) is 2.93. The average molecular weight is 254 g/mol. The quantitative estimate of drug-likeness (QED) is 0.734. The van der Waals surface area contributed by atoms with Crippen LogP contribution in [-0.4, -0.2) is 18.0 Å². The van der Waals surface area contributed by atoms with Crippen LogP contribution in [-0.2, 0) is 4.79 Å². The van der Waals surface area contributed by atoms with Gasteiger partial charge in [-0.1, -0.05) is 46.0 Å². The van der Waals surface area contributed by atoms with Gasteiger partial charge in [0.15, 0.2) is 0 Å². The molecule has 1 fully saturated rings. The number of hydrogen-bond donors (Lipinski definition) is 2. The zero-order valence-corrected chi connectivity index (χ0v) is 12.1. The molecule has 1 rings (SSSR count). The van der Waals surface area contributed by atoms with Gasteiger partial charge in [0.2, 0.25) is 5.91 Å². The summed E-state index contributed by atoms with van der Waals surface area (Å²) in [5.74, 6) is 0.729. The van der Waals surface area contributed by atoms with Crippen LogP contribution in [0.5, 0.6) is 0 Å². The molecular weight excluding hydrogens is 224 g/mol. The van der Waals surface area contributed by atoms with Crippen LogP contribution in [0.25, 0.3) is 0 Å². The van der Waals surface area contributed by atoms with E-state index in [1.807, 2.05) is 0 Å². The normalized spacial score (nSPS) is 20.4. The molecule has 1 aliphatic rings. The van der Waals surface area contributed by atoms with E-state index < -0.39 is 0 Å². The van der Waals surface area contributed by atoms with E-state index >= 15 is 0 Å². The van der Waals surface area contributed by atoms with E-state index in [0.717, 1.165) is 25.7 Å². The molecule has 2 atom stereocenters. The predicted octanol–water partition coefficient (Wildman–Crippen LogP) is 2.98. The number of carbonyl (C=O) groups is 1. The van der Waals surface area contributed by atoms with Crippen molar-refractivity contribution in [3.05, 3.63) is 0 Å². The number of amides is 1. The molecule has 1 aliphatic carbocycles. The molecule has 1 saturated carbocycles. The summed E-state index contributed by atoms with van der Waals surface area (Å²) in [6.45, 7) is 4.29. The Morgan fingerprint density at radius 2 is 1.94 bits per heavy atom. The van der Waals surface area contributed by atoms with Crippen LogP contribution in [0.4, 0.5) is 0 Å². The van der Waals surface area contributed by atoms with Gasteiger partial charge in [-0.05, 0) is 31.6 Å². The maximum Gasteiger partial charge on any atom is 0.237 e.